The van der Waals surface area contributed by atoms with E-state index in [1.165, 1.54) is 6.42 Å². The topological polar surface area (TPSA) is 50.4 Å². The molecule has 1 heterocycles. The van der Waals surface area contributed by atoms with Crippen LogP contribution >= 0.6 is 23.2 Å². The van der Waals surface area contributed by atoms with E-state index in [0.29, 0.717) is 28.3 Å². The second-order valence-corrected chi connectivity index (χ2v) is 5.70. The van der Waals surface area contributed by atoms with Gasteiger partial charge in [0.2, 0.25) is 0 Å². The number of benzene rings is 1. The maximum Gasteiger partial charge on any atom is 0.257 e. The lowest BCUT2D eigenvalue weighted by molar-refractivity contribution is -0.123. The van der Waals surface area contributed by atoms with Crippen molar-refractivity contribution in [2.45, 2.75) is 12.8 Å². The van der Waals surface area contributed by atoms with Crippen molar-refractivity contribution in [1.29, 1.82) is 0 Å². The number of rotatable bonds is 6. The van der Waals surface area contributed by atoms with E-state index < -0.39 is 0 Å². The first-order valence-corrected chi connectivity index (χ1v) is 7.46. The predicted octanol–water partition coefficient (Wildman–Crippen LogP) is 2.49. The summed E-state index contributed by atoms with van der Waals surface area (Å²) in [7, 11) is 0. The summed E-state index contributed by atoms with van der Waals surface area (Å²) in [6, 6.07) is 4.91. The fourth-order valence-electron chi connectivity index (χ4n) is 2.16. The number of halogens is 2. The highest BCUT2D eigenvalue weighted by atomic mass is 35.5. The number of carbonyl (C=O) groups is 1. The molecule has 0 saturated carbocycles. The van der Waals surface area contributed by atoms with Gasteiger partial charge < -0.3 is 15.4 Å². The molecule has 2 rings (SSSR count). The zero-order valence-electron chi connectivity index (χ0n) is 11.1. The van der Waals surface area contributed by atoms with Crippen LogP contribution in [0.25, 0.3) is 0 Å². The first-order chi connectivity index (χ1) is 9.65. The van der Waals surface area contributed by atoms with Crippen LogP contribution in [-0.2, 0) is 4.79 Å². The molecule has 1 unspecified atom stereocenters. The van der Waals surface area contributed by atoms with Gasteiger partial charge in [0.15, 0.2) is 6.61 Å². The van der Waals surface area contributed by atoms with Crippen LogP contribution in [0.2, 0.25) is 10.0 Å². The van der Waals surface area contributed by atoms with Crippen LogP contribution in [0.5, 0.6) is 5.75 Å². The Balaban J connectivity index is 1.67. The van der Waals surface area contributed by atoms with Crippen molar-refractivity contribution >= 4 is 29.1 Å². The van der Waals surface area contributed by atoms with Gasteiger partial charge in [-0.25, -0.2) is 0 Å². The summed E-state index contributed by atoms with van der Waals surface area (Å²) >= 11 is 11.8. The maximum atomic E-state index is 11.7. The highest BCUT2D eigenvalue weighted by Crippen LogP contribution is 2.27. The predicted molar refractivity (Wildman–Crippen MR) is 80.6 cm³/mol. The normalized spacial score (nSPS) is 18.0. The van der Waals surface area contributed by atoms with Gasteiger partial charge in [-0.2, -0.15) is 0 Å². The van der Waals surface area contributed by atoms with E-state index in [2.05, 4.69) is 10.6 Å². The van der Waals surface area contributed by atoms with Gasteiger partial charge in [-0.05, 0) is 44.0 Å². The van der Waals surface area contributed by atoms with Crippen molar-refractivity contribution in [3.63, 3.8) is 0 Å². The molecule has 1 amide bonds. The van der Waals surface area contributed by atoms with Gasteiger partial charge in [0, 0.05) is 17.6 Å². The van der Waals surface area contributed by atoms with E-state index in [1.54, 1.807) is 18.2 Å². The number of amides is 1. The highest BCUT2D eigenvalue weighted by molar-refractivity contribution is 6.34. The monoisotopic (exact) mass is 316 g/mol. The highest BCUT2D eigenvalue weighted by Gasteiger charge is 2.14. The lowest BCUT2D eigenvalue weighted by atomic mass is 10.1. The van der Waals surface area contributed by atoms with Crippen LogP contribution in [0, 0.1) is 5.92 Å². The largest absolute Gasteiger partial charge is 0.482 e. The summed E-state index contributed by atoms with van der Waals surface area (Å²) in [5.74, 6) is 0.944. The smallest absolute Gasteiger partial charge is 0.257 e. The first kappa shape index (κ1) is 15.4. The molecule has 0 radical (unpaired) electrons. The van der Waals surface area contributed by atoms with Crippen LogP contribution in [0.15, 0.2) is 18.2 Å². The molecule has 1 saturated heterocycles. The van der Waals surface area contributed by atoms with E-state index in [4.69, 9.17) is 27.9 Å². The van der Waals surface area contributed by atoms with E-state index in [9.17, 15) is 4.79 Å². The Morgan fingerprint density at radius 2 is 2.30 bits per heavy atom. The molecule has 0 bridgehead atoms. The van der Waals surface area contributed by atoms with Crippen LogP contribution in [0.1, 0.15) is 12.8 Å². The van der Waals surface area contributed by atoms with Gasteiger partial charge in [0.25, 0.3) is 5.91 Å². The molecule has 0 aromatic heterocycles. The Hall–Kier alpha value is -0.970. The third-order valence-electron chi connectivity index (χ3n) is 3.29. The molecule has 4 nitrogen and oxygen atoms in total. The summed E-state index contributed by atoms with van der Waals surface area (Å²) < 4.78 is 5.36. The third-order valence-corrected chi connectivity index (χ3v) is 3.84. The Kier molecular flexibility index (Phi) is 5.95. The fraction of sp³-hybridized carbons (Fsp3) is 0.500. The summed E-state index contributed by atoms with van der Waals surface area (Å²) in [6.45, 7) is 2.75. The van der Waals surface area contributed by atoms with Gasteiger partial charge in [-0.15, -0.1) is 0 Å². The van der Waals surface area contributed by atoms with Crippen molar-refractivity contribution in [3.8, 4) is 5.75 Å². The number of nitrogens with one attached hydrogen (secondary N) is 2. The standard InChI is InChI=1S/C14H18Cl2N2O2/c15-11-1-2-12(16)13(7-11)20-9-14(19)18-6-4-10-3-5-17-8-10/h1-2,7,10,17H,3-6,8-9H2,(H,18,19). The number of hydrogen-bond acceptors (Lipinski definition) is 3. The molecule has 1 aliphatic heterocycles. The molecule has 1 fully saturated rings. The second kappa shape index (κ2) is 7.72. The van der Waals surface area contributed by atoms with E-state index in [0.717, 1.165) is 19.5 Å². The molecule has 1 aliphatic rings. The number of hydrogen-bond donors (Lipinski definition) is 2. The van der Waals surface area contributed by atoms with Gasteiger partial charge in [-0.3, -0.25) is 4.79 Å². The van der Waals surface area contributed by atoms with E-state index in [1.807, 2.05) is 0 Å². The average molecular weight is 317 g/mol. The Bertz CT molecular complexity index is 462. The van der Waals surface area contributed by atoms with Crippen molar-refractivity contribution < 1.29 is 9.53 Å². The molecule has 1 aromatic carbocycles. The van der Waals surface area contributed by atoms with Crippen molar-refractivity contribution in [2.24, 2.45) is 5.92 Å². The van der Waals surface area contributed by atoms with Gasteiger partial charge >= 0.3 is 0 Å². The molecule has 110 valence electrons. The average Bonchev–Trinajstić information content (AvgIpc) is 2.93. The molecule has 20 heavy (non-hydrogen) atoms. The van der Waals surface area contributed by atoms with Crippen LogP contribution in [0.3, 0.4) is 0 Å². The summed E-state index contributed by atoms with van der Waals surface area (Å²) in [5, 5.41) is 7.12. The maximum absolute atomic E-state index is 11.7. The molecule has 1 atom stereocenters. The van der Waals surface area contributed by atoms with Gasteiger partial charge in [-0.1, -0.05) is 23.2 Å². The molecule has 2 N–H and O–H groups in total. The third kappa shape index (κ3) is 4.85. The summed E-state index contributed by atoms with van der Waals surface area (Å²) in [4.78, 5) is 11.7. The Labute approximate surface area is 128 Å². The Morgan fingerprint density at radius 1 is 1.45 bits per heavy atom. The minimum atomic E-state index is -0.146. The van der Waals surface area contributed by atoms with E-state index in [-0.39, 0.29) is 12.5 Å². The van der Waals surface area contributed by atoms with Crippen LogP contribution in [0.4, 0.5) is 0 Å². The summed E-state index contributed by atoms with van der Waals surface area (Å²) in [6.07, 6.45) is 2.18. The number of ether oxygens (including phenoxy) is 1. The van der Waals surface area contributed by atoms with Gasteiger partial charge in [0.05, 0.1) is 5.02 Å². The lowest BCUT2D eigenvalue weighted by Gasteiger charge is -2.11. The zero-order chi connectivity index (χ0) is 14.4. The quantitative estimate of drug-likeness (QED) is 0.847. The molecular weight excluding hydrogens is 299 g/mol. The van der Waals surface area contributed by atoms with Crippen molar-refractivity contribution in [2.75, 3.05) is 26.2 Å². The Morgan fingerprint density at radius 3 is 3.05 bits per heavy atom. The zero-order valence-corrected chi connectivity index (χ0v) is 12.6. The molecule has 1 aromatic rings. The van der Waals surface area contributed by atoms with Crippen LogP contribution in [-0.4, -0.2) is 32.1 Å². The van der Waals surface area contributed by atoms with Crippen LogP contribution < -0.4 is 15.4 Å². The molecule has 0 spiro atoms. The molecule has 0 aliphatic carbocycles. The van der Waals surface area contributed by atoms with Gasteiger partial charge in [0.1, 0.15) is 5.75 Å². The second-order valence-electron chi connectivity index (χ2n) is 4.86. The van der Waals surface area contributed by atoms with Crippen molar-refractivity contribution in [1.82, 2.24) is 10.6 Å². The lowest BCUT2D eigenvalue weighted by Crippen LogP contribution is -2.30. The minimum Gasteiger partial charge on any atom is -0.482 e. The van der Waals surface area contributed by atoms with E-state index >= 15 is 0 Å². The number of carbonyl (C=O) groups excluding carboxylic acids is 1. The molecular formula is C14H18Cl2N2O2. The minimum absolute atomic E-state index is 0.0526. The molecule has 6 heteroatoms. The summed E-state index contributed by atoms with van der Waals surface area (Å²) in [5.41, 5.74) is 0. The SMILES string of the molecule is O=C(COc1cc(Cl)ccc1Cl)NCCC1CCNC1. The first-order valence-electron chi connectivity index (χ1n) is 6.70. The fourth-order valence-corrected chi connectivity index (χ4v) is 2.49. The van der Waals surface area contributed by atoms with Crippen molar-refractivity contribution in [3.05, 3.63) is 28.2 Å².